The van der Waals surface area contributed by atoms with Crippen LogP contribution in [0.3, 0.4) is 0 Å². The van der Waals surface area contributed by atoms with Crippen LogP contribution in [-0.2, 0) is 16.6 Å². The SMILES string of the molecule is CCn1c(=O)sc2cc(S(=O)(=O)Nc3cccc(OC)c3)ccc21. The normalized spacial score (nSPS) is 11.6. The summed E-state index contributed by atoms with van der Waals surface area (Å²) in [5.74, 6) is 0.559. The highest BCUT2D eigenvalue weighted by Crippen LogP contribution is 2.24. The third-order valence-corrected chi connectivity index (χ3v) is 5.91. The molecule has 3 rings (SSSR count). The lowest BCUT2D eigenvalue weighted by atomic mass is 10.3. The molecule has 1 aromatic heterocycles. The molecule has 0 saturated heterocycles. The number of ether oxygens (including phenoxy) is 1. The van der Waals surface area contributed by atoms with Crippen molar-refractivity contribution in [3.8, 4) is 5.75 Å². The first-order valence-electron chi connectivity index (χ1n) is 7.25. The Labute approximate surface area is 143 Å². The van der Waals surface area contributed by atoms with Crippen molar-refractivity contribution in [2.75, 3.05) is 11.8 Å². The number of anilines is 1. The molecule has 0 aliphatic carbocycles. The first kappa shape index (κ1) is 16.5. The number of sulfonamides is 1. The first-order valence-corrected chi connectivity index (χ1v) is 9.55. The average molecular weight is 364 g/mol. The molecule has 1 N–H and O–H groups in total. The molecule has 1 heterocycles. The van der Waals surface area contributed by atoms with Gasteiger partial charge in [0.25, 0.3) is 10.0 Å². The second-order valence-electron chi connectivity index (χ2n) is 5.08. The molecular formula is C16H16N2O4S2. The van der Waals surface area contributed by atoms with E-state index >= 15 is 0 Å². The second-order valence-corrected chi connectivity index (χ2v) is 7.75. The van der Waals surface area contributed by atoms with E-state index in [1.54, 1.807) is 34.9 Å². The van der Waals surface area contributed by atoms with Crippen LogP contribution in [0.25, 0.3) is 10.2 Å². The summed E-state index contributed by atoms with van der Waals surface area (Å²) < 4.78 is 35.0. The molecule has 0 aliphatic heterocycles. The number of rotatable bonds is 5. The number of aromatic nitrogens is 1. The molecule has 0 aliphatic rings. The van der Waals surface area contributed by atoms with Gasteiger partial charge in [-0.05, 0) is 37.3 Å². The lowest BCUT2D eigenvalue weighted by molar-refractivity contribution is 0.415. The number of fused-ring (bicyclic) bond motifs is 1. The van der Waals surface area contributed by atoms with Crippen molar-refractivity contribution in [1.29, 1.82) is 0 Å². The van der Waals surface area contributed by atoms with E-state index in [-0.39, 0.29) is 9.77 Å². The molecule has 24 heavy (non-hydrogen) atoms. The molecule has 0 atom stereocenters. The van der Waals surface area contributed by atoms with Crippen LogP contribution in [0, 0.1) is 0 Å². The molecule has 0 unspecified atom stereocenters. The van der Waals surface area contributed by atoms with Crippen molar-refractivity contribution in [2.45, 2.75) is 18.4 Å². The number of hydrogen-bond acceptors (Lipinski definition) is 5. The highest BCUT2D eigenvalue weighted by atomic mass is 32.2. The number of nitrogens with zero attached hydrogens (tertiary/aromatic N) is 1. The molecular weight excluding hydrogens is 348 g/mol. The van der Waals surface area contributed by atoms with E-state index in [4.69, 9.17) is 4.74 Å². The Morgan fingerprint density at radius 3 is 2.71 bits per heavy atom. The maximum Gasteiger partial charge on any atom is 0.308 e. The quantitative estimate of drug-likeness (QED) is 0.755. The van der Waals surface area contributed by atoms with Gasteiger partial charge in [0.05, 0.1) is 27.9 Å². The number of nitrogens with one attached hydrogen (secondary N) is 1. The van der Waals surface area contributed by atoms with Crippen LogP contribution in [0.15, 0.2) is 52.2 Å². The summed E-state index contributed by atoms with van der Waals surface area (Å²) in [7, 11) is -2.23. The fraction of sp³-hybridized carbons (Fsp3) is 0.188. The van der Waals surface area contributed by atoms with Crippen LogP contribution in [0.4, 0.5) is 5.69 Å². The van der Waals surface area contributed by atoms with Gasteiger partial charge in [0.2, 0.25) is 0 Å². The third kappa shape index (κ3) is 3.02. The predicted octanol–water partition coefficient (Wildman–Crippen LogP) is 2.89. The summed E-state index contributed by atoms with van der Waals surface area (Å²) >= 11 is 1.04. The smallest absolute Gasteiger partial charge is 0.308 e. The fourth-order valence-corrected chi connectivity index (χ4v) is 4.56. The largest absolute Gasteiger partial charge is 0.497 e. The number of aryl methyl sites for hydroxylation is 1. The zero-order valence-electron chi connectivity index (χ0n) is 13.1. The average Bonchev–Trinajstić information content (AvgIpc) is 2.88. The van der Waals surface area contributed by atoms with Gasteiger partial charge in [-0.1, -0.05) is 17.4 Å². The molecule has 8 heteroatoms. The maximum absolute atomic E-state index is 12.6. The Bertz CT molecular complexity index is 1050. The van der Waals surface area contributed by atoms with Crippen molar-refractivity contribution in [3.05, 3.63) is 52.1 Å². The maximum atomic E-state index is 12.6. The van der Waals surface area contributed by atoms with Gasteiger partial charge in [-0.3, -0.25) is 14.1 Å². The molecule has 6 nitrogen and oxygen atoms in total. The zero-order chi connectivity index (χ0) is 17.3. The monoisotopic (exact) mass is 364 g/mol. The van der Waals surface area contributed by atoms with Crippen molar-refractivity contribution in [1.82, 2.24) is 4.57 Å². The van der Waals surface area contributed by atoms with Gasteiger partial charge in [0, 0.05) is 12.6 Å². The molecule has 0 fully saturated rings. The molecule has 0 radical (unpaired) electrons. The number of methoxy groups -OCH3 is 1. The Hall–Kier alpha value is -2.32. The lowest BCUT2D eigenvalue weighted by Crippen LogP contribution is -2.13. The molecule has 0 bridgehead atoms. The van der Waals surface area contributed by atoms with Gasteiger partial charge in [0.15, 0.2) is 0 Å². The standard InChI is InChI=1S/C16H16N2O4S2/c1-3-18-14-8-7-13(10-15(14)23-16(18)19)24(20,21)17-11-5-4-6-12(9-11)22-2/h4-10,17H,3H2,1-2H3. The van der Waals surface area contributed by atoms with Gasteiger partial charge in [0.1, 0.15) is 5.75 Å². The van der Waals surface area contributed by atoms with Gasteiger partial charge in [-0.25, -0.2) is 8.42 Å². The van der Waals surface area contributed by atoms with Gasteiger partial charge >= 0.3 is 4.87 Å². The van der Waals surface area contributed by atoms with E-state index in [1.165, 1.54) is 19.2 Å². The van der Waals surface area contributed by atoms with Crippen molar-refractivity contribution in [2.24, 2.45) is 0 Å². The van der Waals surface area contributed by atoms with Gasteiger partial charge < -0.3 is 4.74 Å². The van der Waals surface area contributed by atoms with Crippen molar-refractivity contribution < 1.29 is 13.2 Å². The second kappa shape index (κ2) is 6.29. The third-order valence-electron chi connectivity index (χ3n) is 3.59. The molecule has 3 aromatic rings. The van der Waals surface area contributed by atoms with Crippen LogP contribution in [0.5, 0.6) is 5.75 Å². The summed E-state index contributed by atoms with van der Waals surface area (Å²) in [6.45, 7) is 2.43. The summed E-state index contributed by atoms with van der Waals surface area (Å²) in [6.07, 6.45) is 0. The van der Waals surface area contributed by atoms with Gasteiger partial charge in [-0.2, -0.15) is 0 Å². The summed E-state index contributed by atoms with van der Waals surface area (Å²) in [6, 6.07) is 11.4. The van der Waals surface area contributed by atoms with Gasteiger partial charge in [-0.15, -0.1) is 0 Å². The molecule has 126 valence electrons. The summed E-state index contributed by atoms with van der Waals surface area (Å²) in [5.41, 5.74) is 1.15. The van der Waals surface area contributed by atoms with Crippen LogP contribution in [-0.4, -0.2) is 20.1 Å². The number of hydrogen-bond donors (Lipinski definition) is 1. The van der Waals surface area contributed by atoms with E-state index in [0.717, 1.165) is 16.9 Å². The minimum Gasteiger partial charge on any atom is -0.497 e. The zero-order valence-corrected chi connectivity index (χ0v) is 14.8. The van der Waals surface area contributed by atoms with E-state index < -0.39 is 10.0 Å². The first-order chi connectivity index (χ1) is 11.4. The van der Waals surface area contributed by atoms with Crippen LogP contribution < -0.4 is 14.3 Å². The molecule has 0 amide bonds. The van der Waals surface area contributed by atoms with Crippen LogP contribution in [0.1, 0.15) is 6.92 Å². The molecule has 2 aromatic carbocycles. The highest BCUT2D eigenvalue weighted by molar-refractivity contribution is 7.92. The fourth-order valence-electron chi connectivity index (χ4n) is 2.41. The topological polar surface area (TPSA) is 77.4 Å². The van der Waals surface area contributed by atoms with E-state index in [9.17, 15) is 13.2 Å². The Kier molecular flexibility index (Phi) is 4.33. The highest BCUT2D eigenvalue weighted by Gasteiger charge is 2.17. The minimum absolute atomic E-state index is 0.0946. The minimum atomic E-state index is -3.75. The number of thiazole rings is 1. The van der Waals surface area contributed by atoms with E-state index in [0.29, 0.717) is 22.7 Å². The van der Waals surface area contributed by atoms with E-state index in [1.807, 2.05) is 6.92 Å². The van der Waals surface area contributed by atoms with Crippen molar-refractivity contribution >= 4 is 37.3 Å². The predicted molar refractivity (Wildman–Crippen MR) is 95.6 cm³/mol. The molecule has 0 saturated carbocycles. The Morgan fingerprint density at radius 1 is 1.21 bits per heavy atom. The van der Waals surface area contributed by atoms with Crippen molar-refractivity contribution in [3.63, 3.8) is 0 Å². The van der Waals surface area contributed by atoms with E-state index in [2.05, 4.69) is 4.72 Å². The number of benzene rings is 2. The molecule has 0 spiro atoms. The Morgan fingerprint density at radius 2 is 2.00 bits per heavy atom. The summed E-state index contributed by atoms with van der Waals surface area (Å²) in [5, 5.41) is 0. The van der Waals surface area contributed by atoms with Crippen LogP contribution >= 0.6 is 11.3 Å². The lowest BCUT2D eigenvalue weighted by Gasteiger charge is -2.09. The Balaban J connectivity index is 2.00. The van der Waals surface area contributed by atoms with Crippen LogP contribution in [0.2, 0.25) is 0 Å². The summed E-state index contributed by atoms with van der Waals surface area (Å²) in [4.78, 5) is 11.9.